The number of hydrogen-bond acceptors (Lipinski definition) is 2. The summed E-state index contributed by atoms with van der Waals surface area (Å²) >= 11 is 0. The summed E-state index contributed by atoms with van der Waals surface area (Å²) in [5.41, 5.74) is 3.92. The molecule has 0 heterocycles. The number of rotatable bonds is 6. The molecule has 1 fully saturated rings. The number of nitrogens with one attached hydrogen (secondary N) is 2. The Kier molecular flexibility index (Phi) is 9.98. The standard InChI is InChI=1S/C20H32N4O.HI/c1-15-11-16(2)13-17(12-15)9-10-21-20(22-14-19(25)24(3)4)23-18-7-5-6-8-18;/h11-13,18H,5-10,14H2,1-4H3,(H2,21,22,23);1H. The Hall–Kier alpha value is -1.31. The lowest BCUT2D eigenvalue weighted by Crippen LogP contribution is -2.43. The molecule has 5 nitrogen and oxygen atoms in total. The van der Waals surface area contributed by atoms with Gasteiger partial charge >= 0.3 is 0 Å². The molecule has 0 atom stereocenters. The smallest absolute Gasteiger partial charge is 0.243 e. The molecule has 26 heavy (non-hydrogen) atoms. The minimum atomic E-state index is 0. The third kappa shape index (κ3) is 7.93. The number of amides is 1. The predicted octanol–water partition coefficient (Wildman–Crippen LogP) is 3.03. The lowest BCUT2D eigenvalue weighted by molar-refractivity contribution is -0.127. The summed E-state index contributed by atoms with van der Waals surface area (Å²) in [6.07, 6.45) is 5.84. The van der Waals surface area contributed by atoms with Gasteiger partial charge in [0.15, 0.2) is 5.96 Å². The molecule has 0 radical (unpaired) electrons. The van der Waals surface area contributed by atoms with Crippen LogP contribution in [-0.2, 0) is 11.2 Å². The van der Waals surface area contributed by atoms with Gasteiger partial charge in [-0.3, -0.25) is 4.79 Å². The van der Waals surface area contributed by atoms with E-state index in [2.05, 4.69) is 47.7 Å². The summed E-state index contributed by atoms with van der Waals surface area (Å²) in [7, 11) is 3.52. The van der Waals surface area contributed by atoms with E-state index in [-0.39, 0.29) is 36.4 Å². The van der Waals surface area contributed by atoms with Crippen molar-refractivity contribution in [2.75, 3.05) is 27.2 Å². The van der Waals surface area contributed by atoms with Crippen LogP contribution in [0.4, 0.5) is 0 Å². The van der Waals surface area contributed by atoms with Gasteiger partial charge in [-0.05, 0) is 38.7 Å². The van der Waals surface area contributed by atoms with Crippen molar-refractivity contribution < 1.29 is 4.79 Å². The Bertz CT molecular complexity index is 590. The van der Waals surface area contributed by atoms with Crippen molar-refractivity contribution in [1.82, 2.24) is 15.5 Å². The van der Waals surface area contributed by atoms with Crippen molar-refractivity contribution in [1.29, 1.82) is 0 Å². The van der Waals surface area contributed by atoms with Gasteiger partial charge in [-0.2, -0.15) is 0 Å². The molecule has 1 saturated carbocycles. The SMILES string of the molecule is Cc1cc(C)cc(CCNC(=NCC(=O)N(C)C)NC2CCCC2)c1.I. The predicted molar refractivity (Wildman–Crippen MR) is 119 cm³/mol. The summed E-state index contributed by atoms with van der Waals surface area (Å²) in [5, 5.41) is 6.88. The highest BCUT2D eigenvalue weighted by Crippen LogP contribution is 2.17. The molecule has 0 spiro atoms. The van der Waals surface area contributed by atoms with Gasteiger partial charge in [0.05, 0.1) is 0 Å². The zero-order chi connectivity index (χ0) is 18.2. The van der Waals surface area contributed by atoms with E-state index in [1.807, 2.05) is 0 Å². The van der Waals surface area contributed by atoms with E-state index in [1.165, 1.54) is 42.4 Å². The van der Waals surface area contributed by atoms with E-state index in [1.54, 1.807) is 19.0 Å². The van der Waals surface area contributed by atoms with Crippen LogP contribution in [0, 0.1) is 13.8 Å². The molecular formula is C20H33IN4O. The number of carbonyl (C=O) groups excluding carboxylic acids is 1. The van der Waals surface area contributed by atoms with Crippen molar-refractivity contribution in [3.63, 3.8) is 0 Å². The van der Waals surface area contributed by atoms with Crippen LogP contribution >= 0.6 is 24.0 Å². The molecule has 0 saturated heterocycles. The van der Waals surface area contributed by atoms with Crippen molar-refractivity contribution in [3.8, 4) is 0 Å². The van der Waals surface area contributed by atoms with Crippen molar-refractivity contribution in [2.45, 2.75) is 52.0 Å². The quantitative estimate of drug-likeness (QED) is 0.380. The summed E-state index contributed by atoms with van der Waals surface area (Å²) < 4.78 is 0. The van der Waals surface area contributed by atoms with Gasteiger partial charge in [-0.15, -0.1) is 24.0 Å². The van der Waals surface area contributed by atoms with Crippen LogP contribution in [0.1, 0.15) is 42.4 Å². The first kappa shape index (κ1) is 22.7. The molecule has 1 aliphatic carbocycles. The maximum absolute atomic E-state index is 11.8. The number of aryl methyl sites for hydroxylation is 2. The number of hydrogen-bond donors (Lipinski definition) is 2. The summed E-state index contributed by atoms with van der Waals surface area (Å²) in [6.45, 7) is 5.24. The minimum absolute atomic E-state index is 0. The zero-order valence-corrected chi connectivity index (χ0v) is 18.8. The molecular weight excluding hydrogens is 439 g/mol. The number of benzene rings is 1. The van der Waals surface area contributed by atoms with E-state index in [9.17, 15) is 4.79 Å². The first-order valence-electron chi connectivity index (χ1n) is 9.26. The molecule has 2 N–H and O–H groups in total. The number of carbonyl (C=O) groups is 1. The molecule has 0 unspecified atom stereocenters. The van der Waals surface area contributed by atoms with Gasteiger partial charge in [0.2, 0.25) is 5.91 Å². The lowest BCUT2D eigenvalue weighted by atomic mass is 10.1. The van der Waals surface area contributed by atoms with Crippen LogP contribution in [-0.4, -0.2) is 50.0 Å². The van der Waals surface area contributed by atoms with Crippen LogP contribution in [0.2, 0.25) is 0 Å². The number of aliphatic imine (C=N–C) groups is 1. The lowest BCUT2D eigenvalue weighted by Gasteiger charge is -2.18. The molecule has 0 bridgehead atoms. The number of halogens is 1. The van der Waals surface area contributed by atoms with Gasteiger partial charge in [0.1, 0.15) is 6.54 Å². The van der Waals surface area contributed by atoms with Crippen LogP contribution in [0.25, 0.3) is 0 Å². The average Bonchev–Trinajstić information content (AvgIpc) is 3.04. The van der Waals surface area contributed by atoms with E-state index in [0.29, 0.717) is 6.04 Å². The summed E-state index contributed by atoms with van der Waals surface area (Å²) in [4.78, 5) is 17.9. The molecule has 1 aliphatic rings. The zero-order valence-electron chi connectivity index (χ0n) is 16.5. The maximum atomic E-state index is 11.8. The Morgan fingerprint density at radius 3 is 2.35 bits per heavy atom. The third-order valence-electron chi connectivity index (χ3n) is 4.55. The van der Waals surface area contributed by atoms with Gasteiger partial charge in [0, 0.05) is 26.7 Å². The molecule has 2 rings (SSSR count). The van der Waals surface area contributed by atoms with Crippen molar-refractivity contribution in [2.24, 2.45) is 4.99 Å². The molecule has 6 heteroatoms. The fraction of sp³-hybridized carbons (Fsp3) is 0.600. The molecule has 0 aromatic heterocycles. The molecule has 1 aromatic rings. The van der Waals surface area contributed by atoms with E-state index >= 15 is 0 Å². The van der Waals surface area contributed by atoms with Crippen LogP contribution < -0.4 is 10.6 Å². The summed E-state index contributed by atoms with van der Waals surface area (Å²) in [6, 6.07) is 7.12. The second-order valence-corrected chi connectivity index (χ2v) is 7.25. The normalized spacial score (nSPS) is 14.7. The van der Waals surface area contributed by atoms with Crippen LogP contribution in [0.15, 0.2) is 23.2 Å². The molecule has 1 amide bonds. The largest absolute Gasteiger partial charge is 0.356 e. The molecule has 0 aliphatic heterocycles. The number of guanidine groups is 1. The number of likely N-dealkylation sites (N-methyl/N-ethyl adjacent to an activating group) is 1. The maximum Gasteiger partial charge on any atom is 0.243 e. The first-order chi connectivity index (χ1) is 11.9. The van der Waals surface area contributed by atoms with Crippen LogP contribution in [0.5, 0.6) is 0 Å². The molecule has 146 valence electrons. The fourth-order valence-electron chi connectivity index (χ4n) is 3.24. The number of nitrogens with zero attached hydrogens (tertiary/aromatic N) is 2. The monoisotopic (exact) mass is 472 g/mol. The fourth-order valence-corrected chi connectivity index (χ4v) is 3.24. The highest BCUT2D eigenvalue weighted by atomic mass is 127. The van der Waals surface area contributed by atoms with Crippen LogP contribution in [0.3, 0.4) is 0 Å². The minimum Gasteiger partial charge on any atom is -0.356 e. The Morgan fingerprint density at radius 2 is 1.77 bits per heavy atom. The topological polar surface area (TPSA) is 56.7 Å². The van der Waals surface area contributed by atoms with Crippen molar-refractivity contribution >= 4 is 35.8 Å². The Balaban J connectivity index is 0.00000338. The second-order valence-electron chi connectivity index (χ2n) is 7.25. The Labute approximate surface area is 175 Å². The van der Waals surface area contributed by atoms with Gasteiger partial charge < -0.3 is 15.5 Å². The van der Waals surface area contributed by atoms with Crippen molar-refractivity contribution in [3.05, 3.63) is 34.9 Å². The van der Waals surface area contributed by atoms with E-state index in [0.717, 1.165) is 18.9 Å². The second kappa shape index (κ2) is 11.4. The van der Waals surface area contributed by atoms with E-state index in [4.69, 9.17) is 0 Å². The van der Waals surface area contributed by atoms with Gasteiger partial charge in [-0.1, -0.05) is 42.2 Å². The van der Waals surface area contributed by atoms with E-state index < -0.39 is 0 Å². The molecule has 1 aromatic carbocycles. The first-order valence-corrected chi connectivity index (χ1v) is 9.26. The average molecular weight is 472 g/mol. The van der Waals surface area contributed by atoms with Gasteiger partial charge in [-0.25, -0.2) is 4.99 Å². The highest BCUT2D eigenvalue weighted by molar-refractivity contribution is 14.0. The highest BCUT2D eigenvalue weighted by Gasteiger charge is 2.16. The van der Waals surface area contributed by atoms with Gasteiger partial charge in [0.25, 0.3) is 0 Å². The third-order valence-corrected chi connectivity index (χ3v) is 4.55. The Morgan fingerprint density at radius 1 is 1.15 bits per heavy atom. The summed E-state index contributed by atoms with van der Waals surface area (Å²) in [5.74, 6) is 0.772.